The fraction of sp³-hybridized carbons (Fsp3) is 0.471. The van der Waals surface area contributed by atoms with E-state index in [1.807, 2.05) is 0 Å². The summed E-state index contributed by atoms with van der Waals surface area (Å²) in [5.41, 5.74) is 0.671. The van der Waals surface area contributed by atoms with Crippen molar-refractivity contribution in [3.05, 3.63) is 34.3 Å². The Hall–Kier alpha value is -1.92. The second kappa shape index (κ2) is 6.91. The summed E-state index contributed by atoms with van der Waals surface area (Å²) in [6.07, 6.45) is 0.158. The minimum absolute atomic E-state index is 0.0136. The average molecular weight is 350 g/mol. The Morgan fingerprint density at radius 3 is 2.42 bits per heavy atom. The highest BCUT2D eigenvalue weighted by molar-refractivity contribution is 6.32. The van der Waals surface area contributed by atoms with E-state index < -0.39 is 0 Å². The molecule has 6 nitrogen and oxygen atoms in total. The van der Waals surface area contributed by atoms with Gasteiger partial charge in [-0.25, -0.2) is 0 Å². The highest BCUT2D eigenvalue weighted by atomic mass is 35.5. The Labute approximate surface area is 146 Å². The second-order valence-electron chi connectivity index (χ2n) is 6.02. The SMILES string of the molecule is CCN1CCN(C(=O)CCN2C(=O)c3ccc(Cl)cc3C2=O)CC1. The van der Waals surface area contributed by atoms with Crippen LogP contribution in [-0.4, -0.2) is 71.7 Å². The number of amides is 3. The summed E-state index contributed by atoms with van der Waals surface area (Å²) >= 11 is 5.89. The number of piperazine rings is 1. The van der Waals surface area contributed by atoms with Crippen molar-refractivity contribution in [3.8, 4) is 0 Å². The normalized spacial score (nSPS) is 18.2. The molecule has 2 heterocycles. The average Bonchev–Trinajstić information content (AvgIpc) is 2.83. The number of carbonyl (C=O) groups excluding carboxylic acids is 3. The van der Waals surface area contributed by atoms with E-state index in [9.17, 15) is 14.4 Å². The van der Waals surface area contributed by atoms with Crippen molar-refractivity contribution in [1.82, 2.24) is 14.7 Å². The lowest BCUT2D eigenvalue weighted by molar-refractivity contribution is -0.133. The summed E-state index contributed by atoms with van der Waals surface area (Å²) in [4.78, 5) is 42.2. The van der Waals surface area contributed by atoms with Gasteiger partial charge in [-0.15, -0.1) is 0 Å². The minimum Gasteiger partial charge on any atom is -0.340 e. The molecular formula is C17H20ClN3O3. The van der Waals surface area contributed by atoms with Gasteiger partial charge in [0.25, 0.3) is 11.8 Å². The van der Waals surface area contributed by atoms with Gasteiger partial charge >= 0.3 is 0 Å². The van der Waals surface area contributed by atoms with Crippen LogP contribution < -0.4 is 0 Å². The van der Waals surface area contributed by atoms with Crippen molar-refractivity contribution >= 4 is 29.3 Å². The molecule has 1 fully saturated rings. The Kier molecular flexibility index (Phi) is 4.87. The second-order valence-corrected chi connectivity index (χ2v) is 6.45. The highest BCUT2D eigenvalue weighted by Crippen LogP contribution is 2.26. The summed E-state index contributed by atoms with van der Waals surface area (Å²) in [7, 11) is 0. The number of benzene rings is 1. The number of likely N-dealkylation sites (N-methyl/N-ethyl adjacent to an activating group) is 1. The van der Waals surface area contributed by atoms with E-state index in [1.165, 1.54) is 6.07 Å². The summed E-state index contributed by atoms with van der Waals surface area (Å²) in [6, 6.07) is 4.65. The molecule has 24 heavy (non-hydrogen) atoms. The van der Waals surface area contributed by atoms with E-state index >= 15 is 0 Å². The van der Waals surface area contributed by atoms with E-state index in [-0.39, 0.29) is 30.7 Å². The molecule has 0 atom stereocenters. The number of nitrogens with zero attached hydrogens (tertiary/aromatic N) is 3. The zero-order valence-corrected chi connectivity index (χ0v) is 14.4. The highest BCUT2D eigenvalue weighted by Gasteiger charge is 2.36. The lowest BCUT2D eigenvalue weighted by Gasteiger charge is -2.34. The molecule has 0 radical (unpaired) electrons. The summed E-state index contributed by atoms with van der Waals surface area (Å²) < 4.78 is 0. The number of hydrogen-bond donors (Lipinski definition) is 0. The van der Waals surface area contributed by atoms with Crippen LogP contribution in [0.5, 0.6) is 0 Å². The predicted octanol–water partition coefficient (Wildman–Crippen LogP) is 1.49. The molecule has 3 rings (SSSR count). The number of rotatable bonds is 4. The topological polar surface area (TPSA) is 60.9 Å². The Bertz CT molecular complexity index is 684. The molecule has 128 valence electrons. The minimum atomic E-state index is -0.374. The van der Waals surface area contributed by atoms with Gasteiger partial charge in [0.15, 0.2) is 0 Å². The Morgan fingerprint density at radius 2 is 1.75 bits per heavy atom. The maximum atomic E-state index is 12.3. The fourth-order valence-electron chi connectivity index (χ4n) is 3.15. The third-order valence-corrected chi connectivity index (χ3v) is 4.89. The van der Waals surface area contributed by atoms with Gasteiger partial charge in [-0.05, 0) is 24.7 Å². The van der Waals surface area contributed by atoms with Crippen molar-refractivity contribution in [2.45, 2.75) is 13.3 Å². The number of hydrogen-bond acceptors (Lipinski definition) is 4. The van der Waals surface area contributed by atoms with Crippen LogP contribution in [0.25, 0.3) is 0 Å². The van der Waals surface area contributed by atoms with E-state index in [2.05, 4.69) is 11.8 Å². The summed E-state index contributed by atoms with van der Waals surface area (Å²) in [5, 5.41) is 0.418. The van der Waals surface area contributed by atoms with Crippen molar-refractivity contribution in [2.24, 2.45) is 0 Å². The molecule has 0 saturated carbocycles. The van der Waals surface area contributed by atoms with Gasteiger partial charge in [0.05, 0.1) is 11.1 Å². The van der Waals surface area contributed by atoms with Gasteiger partial charge in [0, 0.05) is 44.2 Å². The number of carbonyl (C=O) groups is 3. The Morgan fingerprint density at radius 1 is 1.08 bits per heavy atom. The maximum absolute atomic E-state index is 12.3. The van der Waals surface area contributed by atoms with Gasteiger partial charge in [-0.3, -0.25) is 19.3 Å². The maximum Gasteiger partial charge on any atom is 0.261 e. The lowest BCUT2D eigenvalue weighted by atomic mass is 10.1. The quantitative estimate of drug-likeness (QED) is 0.773. The van der Waals surface area contributed by atoms with Crippen LogP contribution in [-0.2, 0) is 4.79 Å². The van der Waals surface area contributed by atoms with Crippen LogP contribution in [0.15, 0.2) is 18.2 Å². The molecule has 0 aromatic heterocycles. The molecule has 0 bridgehead atoms. The fourth-order valence-corrected chi connectivity index (χ4v) is 3.32. The first kappa shape index (κ1) is 16.9. The van der Waals surface area contributed by atoms with Crippen LogP contribution in [0.4, 0.5) is 0 Å². The molecule has 1 aromatic rings. The van der Waals surface area contributed by atoms with E-state index in [4.69, 9.17) is 11.6 Å². The molecular weight excluding hydrogens is 330 g/mol. The van der Waals surface area contributed by atoms with Gasteiger partial charge < -0.3 is 9.80 Å². The Balaban J connectivity index is 1.59. The van der Waals surface area contributed by atoms with Crippen LogP contribution in [0, 0.1) is 0 Å². The predicted molar refractivity (Wildman–Crippen MR) is 90.1 cm³/mol. The zero-order chi connectivity index (χ0) is 17.3. The standard InChI is InChI=1S/C17H20ClN3O3/c1-2-19-7-9-20(10-8-19)15(22)5-6-21-16(23)13-4-3-12(18)11-14(13)17(21)24/h3-4,11H,2,5-10H2,1H3. The molecule has 0 spiro atoms. The summed E-state index contributed by atoms with van der Waals surface area (Å²) in [6.45, 7) is 6.33. The van der Waals surface area contributed by atoms with Crippen LogP contribution in [0.3, 0.4) is 0 Å². The van der Waals surface area contributed by atoms with Crippen molar-refractivity contribution in [1.29, 1.82) is 0 Å². The van der Waals surface area contributed by atoms with Crippen molar-refractivity contribution in [2.75, 3.05) is 39.3 Å². The van der Waals surface area contributed by atoms with E-state index in [0.717, 1.165) is 24.5 Å². The van der Waals surface area contributed by atoms with Crippen molar-refractivity contribution in [3.63, 3.8) is 0 Å². The molecule has 0 N–H and O–H groups in total. The third-order valence-electron chi connectivity index (χ3n) is 4.65. The first-order valence-corrected chi connectivity index (χ1v) is 8.55. The number of halogens is 1. The molecule has 1 saturated heterocycles. The van der Waals surface area contributed by atoms with E-state index in [1.54, 1.807) is 17.0 Å². The molecule has 7 heteroatoms. The van der Waals surface area contributed by atoms with Gasteiger partial charge in [-0.1, -0.05) is 18.5 Å². The van der Waals surface area contributed by atoms with Gasteiger partial charge in [-0.2, -0.15) is 0 Å². The monoisotopic (exact) mass is 349 g/mol. The molecule has 0 aliphatic carbocycles. The third kappa shape index (κ3) is 3.16. The number of fused-ring (bicyclic) bond motifs is 1. The first-order valence-electron chi connectivity index (χ1n) is 8.17. The molecule has 0 unspecified atom stereocenters. The largest absolute Gasteiger partial charge is 0.340 e. The van der Waals surface area contributed by atoms with Crippen LogP contribution >= 0.6 is 11.6 Å². The van der Waals surface area contributed by atoms with Crippen LogP contribution in [0.1, 0.15) is 34.1 Å². The van der Waals surface area contributed by atoms with Gasteiger partial charge in [0.2, 0.25) is 5.91 Å². The van der Waals surface area contributed by atoms with Crippen LogP contribution in [0.2, 0.25) is 5.02 Å². The van der Waals surface area contributed by atoms with Gasteiger partial charge in [0.1, 0.15) is 0 Å². The first-order chi connectivity index (χ1) is 11.5. The molecule has 2 aliphatic heterocycles. The van der Waals surface area contributed by atoms with Crippen molar-refractivity contribution < 1.29 is 14.4 Å². The number of imide groups is 1. The molecule has 3 amide bonds. The molecule has 2 aliphatic rings. The zero-order valence-electron chi connectivity index (χ0n) is 13.6. The molecule has 1 aromatic carbocycles. The smallest absolute Gasteiger partial charge is 0.261 e. The lowest BCUT2D eigenvalue weighted by Crippen LogP contribution is -2.49. The summed E-state index contributed by atoms with van der Waals surface area (Å²) in [5.74, 6) is -0.739. The van der Waals surface area contributed by atoms with E-state index in [0.29, 0.717) is 29.2 Å².